The van der Waals surface area contributed by atoms with Gasteiger partial charge in [0.2, 0.25) is 0 Å². The SMILES string of the molecule is COc1cc2c(cc1CCCN1CCOCC1)OCC2. The fourth-order valence-electron chi connectivity index (χ4n) is 2.95. The number of morpholine rings is 1. The molecule has 0 aromatic heterocycles. The maximum atomic E-state index is 5.65. The van der Waals surface area contributed by atoms with Crippen molar-refractivity contribution in [2.75, 3.05) is 46.6 Å². The largest absolute Gasteiger partial charge is 0.496 e. The Morgan fingerprint density at radius 1 is 1.20 bits per heavy atom. The Labute approximate surface area is 120 Å². The van der Waals surface area contributed by atoms with Crippen molar-refractivity contribution < 1.29 is 14.2 Å². The maximum absolute atomic E-state index is 5.65. The number of rotatable bonds is 5. The number of methoxy groups -OCH3 is 1. The summed E-state index contributed by atoms with van der Waals surface area (Å²) in [6.07, 6.45) is 3.19. The summed E-state index contributed by atoms with van der Waals surface area (Å²) >= 11 is 0. The molecule has 110 valence electrons. The van der Waals surface area contributed by atoms with Crippen LogP contribution in [0.15, 0.2) is 12.1 Å². The van der Waals surface area contributed by atoms with Crippen LogP contribution in [0.25, 0.3) is 0 Å². The van der Waals surface area contributed by atoms with Crippen molar-refractivity contribution >= 4 is 0 Å². The molecule has 3 rings (SSSR count). The number of hydrogen-bond acceptors (Lipinski definition) is 4. The fraction of sp³-hybridized carbons (Fsp3) is 0.625. The molecule has 0 spiro atoms. The van der Waals surface area contributed by atoms with Crippen LogP contribution in [0, 0.1) is 0 Å². The number of fused-ring (bicyclic) bond motifs is 1. The van der Waals surface area contributed by atoms with E-state index in [0.29, 0.717) is 0 Å². The Hall–Kier alpha value is -1.26. The van der Waals surface area contributed by atoms with Crippen LogP contribution in [0.1, 0.15) is 17.5 Å². The standard InChI is InChI=1S/C16H23NO3/c1-18-15-11-14-4-8-20-16(14)12-13(15)3-2-5-17-6-9-19-10-7-17/h11-12H,2-10H2,1H3. The van der Waals surface area contributed by atoms with Crippen LogP contribution >= 0.6 is 0 Å². The molecule has 1 saturated heterocycles. The minimum absolute atomic E-state index is 0.801. The van der Waals surface area contributed by atoms with Crippen molar-refractivity contribution in [2.24, 2.45) is 0 Å². The molecule has 20 heavy (non-hydrogen) atoms. The molecule has 2 aliphatic heterocycles. The third kappa shape index (κ3) is 3.07. The maximum Gasteiger partial charge on any atom is 0.123 e. The van der Waals surface area contributed by atoms with Gasteiger partial charge in [0.05, 0.1) is 26.9 Å². The Morgan fingerprint density at radius 2 is 2.05 bits per heavy atom. The van der Waals surface area contributed by atoms with Gasteiger partial charge in [-0.15, -0.1) is 0 Å². The first-order valence-electron chi connectivity index (χ1n) is 7.49. The average Bonchev–Trinajstić information content (AvgIpc) is 2.94. The third-order valence-electron chi connectivity index (χ3n) is 4.12. The predicted octanol–water partition coefficient (Wildman–Crippen LogP) is 1.89. The van der Waals surface area contributed by atoms with Gasteiger partial charge in [0.25, 0.3) is 0 Å². The highest BCUT2D eigenvalue weighted by atomic mass is 16.5. The smallest absolute Gasteiger partial charge is 0.123 e. The first-order chi connectivity index (χ1) is 9.86. The Morgan fingerprint density at radius 3 is 2.85 bits per heavy atom. The molecule has 1 aromatic carbocycles. The quantitative estimate of drug-likeness (QED) is 0.822. The lowest BCUT2D eigenvalue weighted by molar-refractivity contribution is 0.0374. The van der Waals surface area contributed by atoms with E-state index in [0.717, 1.165) is 70.2 Å². The lowest BCUT2D eigenvalue weighted by Crippen LogP contribution is -2.36. The molecule has 1 fully saturated rings. The summed E-state index contributed by atoms with van der Waals surface area (Å²) in [5.74, 6) is 2.06. The molecule has 4 nitrogen and oxygen atoms in total. The molecule has 0 aliphatic carbocycles. The first kappa shape index (κ1) is 13.7. The first-order valence-corrected chi connectivity index (χ1v) is 7.49. The summed E-state index contributed by atoms with van der Waals surface area (Å²) < 4.78 is 16.5. The highest BCUT2D eigenvalue weighted by Crippen LogP contribution is 2.33. The van der Waals surface area contributed by atoms with Gasteiger partial charge >= 0.3 is 0 Å². The monoisotopic (exact) mass is 277 g/mol. The van der Waals surface area contributed by atoms with Crippen LogP contribution in [-0.2, 0) is 17.6 Å². The highest BCUT2D eigenvalue weighted by Gasteiger charge is 2.17. The van der Waals surface area contributed by atoms with Gasteiger partial charge < -0.3 is 14.2 Å². The second-order valence-electron chi connectivity index (χ2n) is 5.43. The predicted molar refractivity (Wildman–Crippen MR) is 77.8 cm³/mol. The van der Waals surface area contributed by atoms with Gasteiger partial charge in [0.1, 0.15) is 11.5 Å². The number of ether oxygens (including phenoxy) is 3. The van der Waals surface area contributed by atoms with E-state index in [2.05, 4.69) is 17.0 Å². The van der Waals surface area contributed by atoms with Crippen molar-refractivity contribution in [1.82, 2.24) is 4.90 Å². The van der Waals surface area contributed by atoms with Crippen LogP contribution in [0.5, 0.6) is 11.5 Å². The zero-order valence-electron chi connectivity index (χ0n) is 12.2. The van der Waals surface area contributed by atoms with E-state index in [1.54, 1.807) is 7.11 Å². The van der Waals surface area contributed by atoms with Crippen LogP contribution < -0.4 is 9.47 Å². The van der Waals surface area contributed by atoms with Gasteiger partial charge in [-0.3, -0.25) is 4.90 Å². The molecule has 0 radical (unpaired) electrons. The average molecular weight is 277 g/mol. The van der Waals surface area contributed by atoms with Crippen molar-refractivity contribution in [3.05, 3.63) is 23.3 Å². The number of nitrogens with zero attached hydrogens (tertiary/aromatic N) is 1. The topological polar surface area (TPSA) is 30.9 Å². The van der Waals surface area contributed by atoms with E-state index >= 15 is 0 Å². The van der Waals surface area contributed by atoms with Gasteiger partial charge in [-0.25, -0.2) is 0 Å². The second-order valence-corrected chi connectivity index (χ2v) is 5.43. The molecule has 2 heterocycles. The molecule has 0 unspecified atom stereocenters. The van der Waals surface area contributed by atoms with Gasteiger partial charge in [0, 0.05) is 25.1 Å². The van der Waals surface area contributed by atoms with Crippen molar-refractivity contribution in [2.45, 2.75) is 19.3 Å². The molecule has 1 aromatic rings. The Kier molecular flexibility index (Phi) is 4.43. The van der Waals surface area contributed by atoms with Crippen LogP contribution in [0.2, 0.25) is 0 Å². The van der Waals surface area contributed by atoms with Gasteiger partial charge in [-0.2, -0.15) is 0 Å². The molecule has 2 aliphatic rings. The van der Waals surface area contributed by atoms with E-state index in [4.69, 9.17) is 14.2 Å². The lowest BCUT2D eigenvalue weighted by atomic mass is 10.0. The molecule has 0 N–H and O–H groups in total. The van der Waals surface area contributed by atoms with Crippen LogP contribution in [0.4, 0.5) is 0 Å². The normalized spacial score (nSPS) is 18.6. The van der Waals surface area contributed by atoms with E-state index < -0.39 is 0 Å². The molecular weight excluding hydrogens is 254 g/mol. The highest BCUT2D eigenvalue weighted by molar-refractivity contribution is 5.48. The van der Waals surface area contributed by atoms with E-state index in [9.17, 15) is 0 Å². The minimum Gasteiger partial charge on any atom is -0.496 e. The number of aryl methyl sites for hydroxylation is 1. The molecule has 4 heteroatoms. The van der Waals surface area contributed by atoms with Crippen molar-refractivity contribution in [3.8, 4) is 11.5 Å². The Bertz CT molecular complexity index is 455. The summed E-state index contributed by atoms with van der Waals surface area (Å²) in [7, 11) is 1.75. The van der Waals surface area contributed by atoms with Gasteiger partial charge in [0.15, 0.2) is 0 Å². The number of hydrogen-bond donors (Lipinski definition) is 0. The second kappa shape index (κ2) is 6.46. The molecule has 0 amide bonds. The van der Waals surface area contributed by atoms with Crippen molar-refractivity contribution in [1.29, 1.82) is 0 Å². The van der Waals surface area contributed by atoms with Crippen molar-refractivity contribution in [3.63, 3.8) is 0 Å². The fourth-order valence-corrected chi connectivity index (χ4v) is 2.95. The summed E-state index contributed by atoms with van der Waals surface area (Å²) in [5, 5.41) is 0. The summed E-state index contributed by atoms with van der Waals surface area (Å²) in [5.41, 5.74) is 2.54. The van der Waals surface area contributed by atoms with E-state index in [-0.39, 0.29) is 0 Å². The zero-order chi connectivity index (χ0) is 13.8. The molecule has 0 bridgehead atoms. The lowest BCUT2D eigenvalue weighted by Gasteiger charge is -2.26. The zero-order valence-corrected chi connectivity index (χ0v) is 12.2. The van der Waals surface area contributed by atoms with Gasteiger partial charge in [-0.1, -0.05) is 0 Å². The molecular formula is C16H23NO3. The Balaban J connectivity index is 1.58. The summed E-state index contributed by atoms with van der Waals surface area (Å²) in [6, 6.07) is 4.31. The summed E-state index contributed by atoms with van der Waals surface area (Å²) in [4.78, 5) is 2.47. The molecule has 0 atom stereocenters. The van der Waals surface area contributed by atoms with Crippen LogP contribution in [0.3, 0.4) is 0 Å². The minimum atomic E-state index is 0.801. The number of benzene rings is 1. The summed E-state index contributed by atoms with van der Waals surface area (Å²) in [6.45, 7) is 5.79. The van der Waals surface area contributed by atoms with Crippen LogP contribution in [-0.4, -0.2) is 51.5 Å². The van der Waals surface area contributed by atoms with Gasteiger partial charge in [-0.05, 0) is 37.1 Å². The molecule has 0 saturated carbocycles. The third-order valence-corrected chi connectivity index (χ3v) is 4.12. The van der Waals surface area contributed by atoms with E-state index in [1.165, 1.54) is 11.1 Å². The van der Waals surface area contributed by atoms with E-state index in [1.807, 2.05) is 0 Å².